The molecule has 0 unspecified atom stereocenters. The fraction of sp³-hybridized carbons (Fsp3) is 0.235. The average molecular weight is 586 g/mol. The highest BCUT2D eigenvalue weighted by Crippen LogP contribution is 2.52. The highest BCUT2D eigenvalue weighted by molar-refractivity contribution is 6.32. The largest absolute Gasteiger partial charge is 0.490 e. The van der Waals surface area contributed by atoms with E-state index in [9.17, 15) is 19.8 Å². The smallest absolute Gasteiger partial charge is 0.323 e. The van der Waals surface area contributed by atoms with Gasteiger partial charge in [0.1, 0.15) is 31.3 Å². The minimum absolute atomic E-state index is 0.131. The van der Waals surface area contributed by atoms with Crippen molar-refractivity contribution in [3.8, 4) is 11.5 Å². The van der Waals surface area contributed by atoms with E-state index in [2.05, 4.69) is 0 Å². The van der Waals surface area contributed by atoms with E-state index in [1.807, 2.05) is 91.2 Å². The number of hydrogen-bond acceptors (Lipinski definition) is 4. The molecule has 1 heterocycles. The SMILES string of the molecule is O=C(O)Cn1cc(CC2(CC(=O)O)CC2)c2cccc(C=Cc3ccc(OCC=CCOc4ccccc4Cl)cc3)c21. The third kappa shape index (κ3) is 7.42. The summed E-state index contributed by atoms with van der Waals surface area (Å²) in [7, 11) is 0. The Labute approximate surface area is 249 Å². The summed E-state index contributed by atoms with van der Waals surface area (Å²) in [6, 6.07) is 21.0. The van der Waals surface area contributed by atoms with Crippen LogP contribution in [0.15, 0.2) is 85.1 Å². The van der Waals surface area contributed by atoms with Gasteiger partial charge in [0.15, 0.2) is 0 Å². The van der Waals surface area contributed by atoms with Gasteiger partial charge in [-0.05, 0) is 77.8 Å². The van der Waals surface area contributed by atoms with Gasteiger partial charge in [-0.3, -0.25) is 9.59 Å². The number of carboxylic acid groups (broad SMARTS) is 2. The van der Waals surface area contributed by atoms with Gasteiger partial charge in [-0.15, -0.1) is 0 Å². The van der Waals surface area contributed by atoms with Gasteiger partial charge in [-0.2, -0.15) is 0 Å². The summed E-state index contributed by atoms with van der Waals surface area (Å²) in [5.41, 5.74) is 3.46. The predicted octanol–water partition coefficient (Wildman–Crippen LogP) is 7.36. The van der Waals surface area contributed by atoms with Crippen molar-refractivity contribution in [1.29, 1.82) is 0 Å². The van der Waals surface area contributed by atoms with Crippen LogP contribution in [0.3, 0.4) is 0 Å². The second-order valence-electron chi connectivity index (χ2n) is 10.6. The van der Waals surface area contributed by atoms with Crippen molar-refractivity contribution in [3.05, 3.63) is 107 Å². The molecule has 5 rings (SSSR count). The normalized spacial score (nSPS) is 14.0. The lowest BCUT2D eigenvalue weighted by Gasteiger charge is -2.11. The molecule has 0 spiro atoms. The van der Waals surface area contributed by atoms with E-state index >= 15 is 0 Å². The zero-order chi connectivity index (χ0) is 29.5. The van der Waals surface area contributed by atoms with Gasteiger partial charge in [0, 0.05) is 11.6 Å². The first-order chi connectivity index (χ1) is 20.3. The molecule has 4 aromatic rings. The van der Waals surface area contributed by atoms with Crippen molar-refractivity contribution in [2.75, 3.05) is 13.2 Å². The fourth-order valence-electron chi connectivity index (χ4n) is 5.17. The maximum absolute atomic E-state index is 11.6. The van der Waals surface area contributed by atoms with Crippen LogP contribution in [0.5, 0.6) is 11.5 Å². The Morgan fingerprint density at radius 2 is 1.62 bits per heavy atom. The van der Waals surface area contributed by atoms with Crippen LogP contribution in [0.25, 0.3) is 23.1 Å². The molecule has 2 N–H and O–H groups in total. The zero-order valence-corrected chi connectivity index (χ0v) is 23.8. The lowest BCUT2D eigenvalue weighted by atomic mass is 9.92. The molecule has 0 atom stereocenters. The molecular formula is C34H32ClNO6. The van der Waals surface area contributed by atoms with E-state index in [-0.39, 0.29) is 18.4 Å². The Morgan fingerprint density at radius 1 is 0.881 bits per heavy atom. The Balaban J connectivity index is 1.23. The van der Waals surface area contributed by atoms with Gasteiger partial charge in [-0.25, -0.2) is 0 Å². The molecule has 1 aliphatic carbocycles. The van der Waals surface area contributed by atoms with Gasteiger partial charge in [0.05, 0.1) is 17.0 Å². The topological polar surface area (TPSA) is 98.0 Å². The van der Waals surface area contributed by atoms with Crippen molar-refractivity contribution in [1.82, 2.24) is 4.57 Å². The van der Waals surface area contributed by atoms with Crippen LogP contribution in [0.1, 0.15) is 36.0 Å². The number of ether oxygens (including phenoxy) is 2. The Hall–Kier alpha value is -4.49. The molecule has 0 saturated heterocycles. The van der Waals surface area contributed by atoms with E-state index < -0.39 is 11.9 Å². The predicted molar refractivity (Wildman–Crippen MR) is 164 cm³/mol. The molecular weight excluding hydrogens is 554 g/mol. The Bertz CT molecular complexity index is 1630. The second-order valence-corrected chi connectivity index (χ2v) is 11.0. The van der Waals surface area contributed by atoms with E-state index in [4.69, 9.17) is 21.1 Å². The lowest BCUT2D eigenvalue weighted by Crippen LogP contribution is -2.11. The maximum Gasteiger partial charge on any atom is 0.323 e. The first kappa shape index (κ1) is 29.0. The van der Waals surface area contributed by atoms with Gasteiger partial charge >= 0.3 is 11.9 Å². The monoisotopic (exact) mass is 585 g/mol. The summed E-state index contributed by atoms with van der Waals surface area (Å²) in [6.07, 6.45) is 12.1. The number of carbonyl (C=O) groups is 2. The van der Waals surface area contributed by atoms with Crippen molar-refractivity contribution in [2.24, 2.45) is 5.41 Å². The van der Waals surface area contributed by atoms with Crippen LogP contribution in [0, 0.1) is 5.41 Å². The molecule has 0 radical (unpaired) electrons. The molecule has 3 aromatic carbocycles. The molecule has 0 aliphatic heterocycles. The van der Waals surface area contributed by atoms with E-state index in [0.29, 0.717) is 30.4 Å². The van der Waals surface area contributed by atoms with Gasteiger partial charge in [0.25, 0.3) is 0 Å². The van der Waals surface area contributed by atoms with Crippen molar-refractivity contribution < 1.29 is 29.3 Å². The van der Waals surface area contributed by atoms with Crippen molar-refractivity contribution >= 4 is 46.6 Å². The summed E-state index contributed by atoms with van der Waals surface area (Å²) in [5.74, 6) is -0.344. The molecule has 8 heteroatoms. The first-order valence-electron chi connectivity index (χ1n) is 13.8. The number of para-hydroxylation sites is 2. The number of aromatic nitrogens is 1. The molecule has 0 bridgehead atoms. The molecule has 1 aliphatic rings. The van der Waals surface area contributed by atoms with E-state index in [1.165, 1.54) is 0 Å². The van der Waals surface area contributed by atoms with Crippen LogP contribution in [-0.4, -0.2) is 39.9 Å². The number of hydrogen-bond donors (Lipinski definition) is 2. The summed E-state index contributed by atoms with van der Waals surface area (Å²) in [5, 5.41) is 20.4. The van der Waals surface area contributed by atoms with Crippen LogP contribution in [-0.2, 0) is 22.6 Å². The summed E-state index contributed by atoms with van der Waals surface area (Å²) >= 11 is 6.09. The van der Waals surface area contributed by atoms with Gasteiger partial charge < -0.3 is 24.3 Å². The Morgan fingerprint density at radius 3 is 2.31 bits per heavy atom. The fourth-order valence-corrected chi connectivity index (χ4v) is 5.36. The first-order valence-corrected chi connectivity index (χ1v) is 14.2. The summed E-state index contributed by atoms with van der Waals surface area (Å²) < 4.78 is 13.2. The minimum atomic E-state index is -0.928. The van der Waals surface area contributed by atoms with Crippen LogP contribution in [0.2, 0.25) is 5.02 Å². The number of rotatable bonds is 14. The van der Waals surface area contributed by atoms with Gasteiger partial charge in [-0.1, -0.05) is 66.2 Å². The lowest BCUT2D eigenvalue weighted by molar-refractivity contribution is -0.139. The van der Waals surface area contributed by atoms with Crippen LogP contribution in [0.4, 0.5) is 0 Å². The quantitative estimate of drug-likeness (QED) is 0.118. The summed E-state index contributed by atoms with van der Waals surface area (Å²) in [6.45, 7) is 0.629. The van der Waals surface area contributed by atoms with Crippen LogP contribution >= 0.6 is 11.6 Å². The van der Waals surface area contributed by atoms with E-state index in [0.717, 1.165) is 46.2 Å². The molecule has 1 saturated carbocycles. The molecule has 216 valence electrons. The number of benzene rings is 3. The highest BCUT2D eigenvalue weighted by atomic mass is 35.5. The third-order valence-corrected chi connectivity index (χ3v) is 7.70. The zero-order valence-electron chi connectivity index (χ0n) is 23.0. The Kier molecular flexibility index (Phi) is 8.98. The number of aliphatic carboxylic acids is 2. The molecule has 1 aromatic heterocycles. The number of halogens is 1. The average Bonchev–Trinajstić information content (AvgIpc) is 3.62. The summed E-state index contributed by atoms with van der Waals surface area (Å²) in [4.78, 5) is 23.0. The van der Waals surface area contributed by atoms with Gasteiger partial charge in [0.2, 0.25) is 0 Å². The van der Waals surface area contributed by atoms with E-state index in [1.54, 1.807) is 10.6 Å². The molecule has 0 amide bonds. The molecule has 42 heavy (non-hydrogen) atoms. The standard InChI is InChI=1S/C34H32ClNO6/c35-29-8-1-2-9-30(29)42-19-4-3-18-41-27-14-11-24(12-15-27)10-13-25-6-5-7-28-26(20-34(16-17-34)21-31(37)38)22-36(33(25)28)23-32(39)40/h1-15,22H,16-21,23H2,(H,37,38)(H,39,40). The van der Waals surface area contributed by atoms with Crippen LogP contribution < -0.4 is 9.47 Å². The van der Waals surface area contributed by atoms with Crippen molar-refractivity contribution in [2.45, 2.75) is 32.2 Å². The number of nitrogens with zero attached hydrogens (tertiary/aromatic N) is 1. The molecule has 7 nitrogen and oxygen atoms in total. The maximum atomic E-state index is 11.6. The second kappa shape index (κ2) is 13.0. The third-order valence-electron chi connectivity index (χ3n) is 7.39. The van der Waals surface area contributed by atoms with Crippen molar-refractivity contribution in [3.63, 3.8) is 0 Å². The highest BCUT2D eigenvalue weighted by Gasteiger charge is 2.44. The minimum Gasteiger partial charge on any atom is -0.490 e. The molecule has 1 fully saturated rings. The number of carboxylic acids is 2. The number of fused-ring (bicyclic) bond motifs is 1.